The van der Waals surface area contributed by atoms with Gasteiger partial charge in [-0.1, -0.05) is 37.3 Å². The van der Waals surface area contributed by atoms with Crippen LogP contribution in [0.25, 0.3) is 0 Å². The molecule has 0 unspecified atom stereocenters. The summed E-state index contributed by atoms with van der Waals surface area (Å²) in [6.07, 6.45) is 2.95. The van der Waals surface area contributed by atoms with Crippen molar-refractivity contribution in [1.29, 1.82) is 0 Å². The molecule has 1 aliphatic carbocycles. The fourth-order valence-corrected chi connectivity index (χ4v) is 5.63. The Kier molecular flexibility index (Phi) is 3.51. The smallest absolute Gasteiger partial charge is 0.349 e. The number of hydrogen-bond acceptors (Lipinski definition) is 3. The molecule has 0 spiro atoms. The zero-order valence-corrected chi connectivity index (χ0v) is 18.4. The number of rotatable bonds is 2. The van der Waals surface area contributed by atoms with Crippen molar-refractivity contribution in [2.75, 3.05) is 0 Å². The summed E-state index contributed by atoms with van der Waals surface area (Å²) in [6.45, 7) is 12.1. The minimum Gasteiger partial charge on any atom is -0.482 e. The van der Waals surface area contributed by atoms with Gasteiger partial charge in [0.15, 0.2) is 0 Å². The van der Waals surface area contributed by atoms with E-state index >= 15 is 0 Å². The maximum Gasteiger partial charge on any atom is 0.349 e. The van der Waals surface area contributed by atoms with Gasteiger partial charge in [0.1, 0.15) is 17.1 Å². The fraction of sp³-hybridized carbons (Fsp3) is 0.423. The van der Waals surface area contributed by atoms with Crippen molar-refractivity contribution >= 4 is 5.97 Å². The minimum absolute atomic E-state index is 0.118. The normalized spacial score (nSPS) is 36.9. The number of benzene rings is 2. The molecule has 1 fully saturated rings. The first-order chi connectivity index (χ1) is 13.9. The number of carbonyl (C=O) groups is 1. The highest BCUT2D eigenvalue weighted by Crippen LogP contribution is 2.65. The molecule has 30 heavy (non-hydrogen) atoms. The Bertz CT molecular complexity index is 1150. The van der Waals surface area contributed by atoms with E-state index in [9.17, 15) is 9.90 Å². The third kappa shape index (κ3) is 2.04. The number of hydrogen-bond donors (Lipinski definition) is 1. The summed E-state index contributed by atoms with van der Waals surface area (Å²) in [6, 6.07) is 12.4. The molecule has 0 saturated heterocycles. The van der Waals surface area contributed by atoms with Gasteiger partial charge in [0, 0.05) is 16.5 Å². The van der Waals surface area contributed by atoms with Crippen LogP contribution in [0.3, 0.4) is 0 Å². The lowest BCUT2D eigenvalue weighted by Crippen LogP contribution is -2.60. The van der Waals surface area contributed by atoms with Crippen LogP contribution in [-0.4, -0.2) is 22.3 Å². The van der Waals surface area contributed by atoms with Gasteiger partial charge in [-0.3, -0.25) is 0 Å². The molecule has 0 radical (unpaired) electrons. The number of carboxylic acid groups (broad SMARTS) is 1. The van der Waals surface area contributed by atoms with Crippen LogP contribution in [0.5, 0.6) is 11.5 Å². The van der Waals surface area contributed by atoms with E-state index in [0.717, 1.165) is 28.9 Å². The highest BCUT2D eigenvalue weighted by Gasteiger charge is 2.67. The standard InChI is InChI=1S/C26H28O4/c1-15-7-9-18-20(11-15)29-25(5)17(13-23(18,25)3)14-24(4)19-10-8-16(2)12-21(19)30-26(24,6)22(27)28/h7-12,14H,13H2,1-6H3,(H,27,28)/b17-14+/t23-,24+,25-,26+/m1/s1. The summed E-state index contributed by atoms with van der Waals surface area (Å²) in [7, 11) is 0. The van der Waals surface area contributed by atoms with Gasteiger partial charge < -0.3 is 14.6 Å². The lowest BCUT2D eigenvalue weighted by molar-refractivity contribution is -0.156. The first-order valence-electron chi connectivity index (χ1n) is 10.5. The topological polar surface area (TPSA) is 55.8 Å². The highest BCUT2D eigenvalue weighted by molar-refractivity contribution is 5.83. The van der Waals surface area contributed by atoms with Crippen molar-refractivity contribution in [2.24, 2.45) is 0 Å². The van der Waals surface area contributed by atoms with Gasteiger partial charge in [-0.05, 0) is 69.9 Å². The van der Waals surface area contributed by atoms with Gasteiger partial charge in [0.05, 0.1) is 5.41 Å². The third-order valence-corrected chi connectivity index (χ3v) is 8.13. The van der Waals surface area contributed by atoms with Gasteiger partial charge in [-0.15, -0.1) is 0 Å². The number of aryl methyl sites for hydroxylation is 2. The third-order valence-electron chi connectivity index (χ3n) is 8.13. The SMILES string of the molecule is Cc1ccc2c(c1)O[C@@](C)(C(=O)O)[C@@]2(C)/C=C1\C[C@]2(C)c3ccc(C)cc3O[C@]12C. The van der Waals surface area contributed by atoms with Crippen molar-refractivity contribution in [1.82, 2.24) is 0 Å². The summed E-state index contributed by atoms with van der Waals surface area (Å²) in [5.74, 6) is 0.625. The molecule has 156 valence electrons. The summed E-state index contributed by atoms with van der Waals surface area (Å²) < 4.78 is 12.6. The predicted molar refractivity (Wildman–Crippen MR) is 115 cm³/mol. The van der Waals surface area contributed by atoms with Crippen LogP contribution >= 0.6 is 0 Å². The van der Waals surface area contributed by atoms with E-state index in [1.807, 2.05) is 32.0 Å². The Labute approximate surface area is 177 Å². The van der Waals surface area contributed by atoms with E-state index < -0.39 is 22.6 Å². The molecule has 0 amide bonds. The van der Waals surface area contributed by atoms with Gasteiger partial charge >= 0.3 is 5.97 Å². The summed E-state index contributed by atoms with van der Waals surface area (Å²) >= 11 is 0. The molecule has 2 aromatic rings. The monoisotopic (exact) mass is 404 g/mol. The Hall–Kier alpha value is -2.75. The zero-order valence-electron chi connectivity index (χ0n) is 18.4. The number of aliphatic carboxylic acids is 1. The molecule has 4 heteroatoms. The number of fused-ring (bicyclic) bond motifs is 4. The first kappa shape index (κ1) is 19.2. The first-order valence-corrected chi connectivity index (χ1v) is 10.5. The van der Waals surface area contributed by atoms with E-state index in [-0.39, 0.29) is 5.41 Å². The van der Waals surface area contributed by atoms with Crippen molar-refractivity contribution in [3.05, 3.63) is 70.3 Å². The summed E-state index contributed by atoms with van der Waals surface area (Å²) in [4.78, 5) is 12.4. The molecule has 1 N–H and O–H groups in total. The Morgan fingerprint density at radius 3 is 2.10 bits per heavy atom. The van der Waals surface area contributed by atoms with Crippen LogP contribution in [0.4, 0.5) is 0 Å². The molecule has 3 aliphatic rings. The number of carboxylic acids is 1. The quantitative estimate of drug-likeness (QED) is 0.696. The minimum atomic E-state index is -1.39. The fourth-order valence-electron chi connectivity index (χ4n) is 5.63. The van der Waals surface area contributed by atoms with E-state index in [1.54, 1.807) is 6.92 Å². The van der Waals surface area contributed by atoms with E-state index in [4.69, 9.17) is 9.47 Å². The molecule has 4 nitrogen and oxygen atoms in total. The molecule has 2 aliphatic heterocycles. The van der Waals surface area contributed by atoms with Gasteiger partial charge in [0.2, 0.25) is 5.60 Å². The number of ether oxygens (including phenoxy) is 2. The maximum atomic E-state index is 12.4. The van der Waals surface area contributed by atoms with Crippen LogP contribution in [0.1, 0.15) is 56.4 Å². The second-order valence-electron chi connectivity index (χ2n) is 9.96. The second kappa shape index (κ2) is 5.48. The molecule has 0 aromatic heterocycles. The predicted octanol–water partition coefficient (Wildman–Crippen LogP) is 5.24. The Morgan fingerprint density at radius 2 is 1.50 bits per heavy atom. The molecule has 4 atom stereocenters. The molecule has 2 heterocycles. The lowest BCUT2D eigenvalue weighted by atomic mass is 9.52. The van der Waals surface area contributed by atoms with E-state index in [2.05, 4.69) is 45.0 Å². The molecular formula is C26H28O4. The van der Waals surface area contributed by atoms with Crippen LogP contribution in [0.2, 0.25) is 0 Å². The lowest BCUT2D eigenvalue weighted by Gasteiger charge is -2.53. The average molecular weight is 405 g/mol. The van der Waals surface area contributed by atoms with Gasteiger partial charge in [-0.25, -0.2) is 4.79 Å². The second-order valence-corrected chi connectivity index (χ2v) is 9.96. The highest BCUT2D eigenvalue weighted by atomic mass is 16.5. The average Bonchev–Trinajstić information content (AvgIpc) is 2.98. The van der Waals surface area contributed by atoms with Gasteiger partial charge in [-0.2, -0.15) is 0 Å². The Balaban J connectivity index is 1.64. The zero-order chi connectivity index (χ0) is 21.7. The van der Waals surface area contributed by atoms with Crippen LogP contribution in [-0.2, 0) is 15.6 Å². The van der Waals surface area contributed by atoms with Gasteiger partial charge in [0.25, 0.3) is 0 Å². The van der Waals surface area contributed by atoms with Crippen molar-refractivity contribution < 1.29 is 19.4 Å². The van der Waals surface area contributed by atoms with Crippen LogP contribution in [0, 0.1) is 13.8 Å². The summed E-state index contributed by atoms with van der Waals surface area (Å²) in [5.41, 5.74) is 2.69. The maximum absolute atomic E-state index is 12.4. The molecule has 0 bridgehead atoms. The van der Waals surface area contributed by atoms with Crippen molar-refractivity contribution in [2.45, 2.75) is 70.0 Å². The largest absolute Gasteiger partial charge is 0.482 e. The Morgan fingerprint density at radius 1 is 0.933 bits per heavy atom. The molecular weight excluding hydrogens is 376 g/mol. The molecule has 1 saturated carbocycles. The molecule has 2 aromatic carbocycles. The molecule has 5 rings (SSSR count). The van der Waals surface area contributed by atoms with Crippen molar-refractivity contribution in [3.8, 4) is 11.5 Å². The van der Waals surface area contributed by atoms with E-state index in [0.29, 0.717) is 5.75 Å². The van der Waals surface area contributed by atoms with E-state index in [1.165, 1.54) is 11.1 Å². The van der Waals surface area contributed by atoms with Crippen LogP contribution in [0.15, 0.2) is 48.0 Å². The van der Waals surface area contributed by atoms with Crippen molar-refractivity contribution in [3.63, 3.8) is 0 Å². The van der Waals surface area contributed by atoms with Crippen LogP contribution < -0.4 is 9.47 Å². The summed E-state index contributed by atoms with van der Waals surface area (Å²) in [5, 5.41) is 10.1.